The summed E-state index contributed by atoms with van der Waals surface area (Å²) < 4.78 is 5.28. The zero-order chi connectivity index (χ0) is 22.1. The Labute approximate surface area is 188 Å². The Hall–Kier alpha value is -2.96. The molecule has 0 atom stereocenters. The maximum absolute atomic E-state index is 12.2. The summed E-state index contributed by atoms with van der Waals surface area (Å²) in [5.74, 6) is 0.708. The molecule has 0 aliphatic carbocycles. The Kier molecular flexibility index (Phi) is 8.38. The summed E-state index contributed by atoms with van der Waals surface area (Å²) in [5.41, 5.74) is 3.73. The Balaban J connectivity index is 1.58. The molecule has 0 radical (unpaired) electrons. The molecule has 0 spiro atoms. The van der Waals surface area contributed by atoms with Crippen molar-refractivity contribution in [3.8, 4) is 11.3 Å². The Morgan fingerprint density at radius 3 is 2.84 bits per heavy atom. The molecule has 0 saturated carbocycles. The second-order valence-corrected chi connectivity index (χ2v) is 7.50. The second-order valence-electron chi connectivity index (χ2n) is 7.10. The number of H-pyrrole nitrogens is 1. The first-order valence-corrected chi connectivity index (χ1v) is 10.7. The van der Waals surface area contributed by atoms with Crippen molar-refractivity contribution in [3.05, 3.63) is 70.8 Å². The van der Waals surface area contributed by atoms with E-state index in [1.165, 1.54) is 0 Å². The van der Waals surface area contributed by atoms with E-state index < -0.39 is 0 Å². The van der Waals surface area contributed by atoms with Gasteiger partial charge < -0.3 is 9.64 Å². The number of hydrogen-bond acceptors (Lipinski definition) is 4. The minimum absolute atomic E-state index is 0.131. The molecule has 2 heterocycles. The third-order valence-corrected chi connectivity index (χ3v) is 5.30. The number of carbonyl (C=O) groups excluding carboxylic acids is 1. The zero-order valence-electron chi connectivity index (χ0n) is 17.8. The highest BCUT2D eigenvalue weighted by molar-refractivity contribution is 6.33. The van der Waals surface area contributed by atoms with Crippen molar-refractivity contribution in [1.29, 1.82) is 0 Å². The van der Waals surface area contributed by atoms with E-state index in [2.05, 4.69) is 15.2 Å². The molecule has 1 aliphatic heterocycles. The highest BCUT2D eigenvalue weighted by Crippen LogP contribution is 2.28. The summed E-state index contributed by atoms with van der Waals surface area (Å²) >= 11 is 6.25. The van der Waals surface area contributed by atoms with Gasteiger partial charge in [-0.25, -0.2) is 4.99 Å². The van der Waals surface area contributed by atoms with Crippen molar-refractivity contribution in [2.75, 3.05) is 26.3 Å². The number of nitrogens with zero attached hydrogens (tertiary/aromatic N) is 3. The third-order valence-electron chi connectivity index (χ3n) is 4.97. The fourth-order valence-corrected chi connectivity index (χ4v) is 3.39. The van der Waals surface area contributed by atoms with Crippen LogP contribution in [0.25, 0.3) is 11.3 Å². The van der Waals surface area contributed by atoms with E-state index in [1.807, 2.05) is 73.4 Å². The number of morpholine rings is 1. The van der Waals surface area contributed by atoms with Crippen LogP contribution in [0.3, 0.4) is 0 Å². The molecule has 1 aromatic heterocycles. The quantitative estimate of drug-likeness (QED) is 0.481. The highest BCUT2D eigenvalue weighted by Gasteiger charge is 2.14. The SMILES string of the molecule is C/C=C(C=Nc1cc(-c2ccccc2Cl)[nH]n1)/C(C)=C/C=C\CC(=O)N1CCOCC1. The largest absolute Gasteiger partial charge is 0.378 e. The summed E-state index contributed by atoms with van der Waals surface area (Å²) in [6, 6.07) is 9.46. The van der Waals surface area contributed by atoms with E-state index in [4.69, 9.17) is 16.3 Å². The number of ether oxygens (including phenoxy) is 1. The van der Waals surface area contributed by atoms with Gasteiger partial charge in [0.15, 0.2) is 5.82 Å². The Morgan fingerprint density at radius 1 is 1.32 bits per heavy atom. The molecule has 2 aromatic rings. The van der Waals surface area contributed by atoms with Crippen LogP contribution >= 0.6 is 11.6 Å². The number of nitrogens with one attached hydrogen (secondary N) is 1. The molecule has 1 aliphatic rings. The first kappa shape index (κ1) is 22.7. The average molecular weight is 439 g/mol. The van der Waals surface area contributed by atoms with Gasteiger partial charge in [-0.05, 0) is 31.1 Å². The summed E-state index contributed by atoms with van der Waals surface area (Å²) in [4.78, 5) is 18.5. The molecule has 1 saturated heterocycles. The molecule has 1 fully saturated rings. The number of aromatic amines is 1. The Morgan fingerprint density at radius 2 is 2.10 bits per heavy atom. The molecular formula is C24H27ClN4O2. The lowest BCUT2D eigenvalue weighted by molar-refractivity contribution is -0.134. The van der Waals surface area contributed by atoms with Gasteiger partial charge in [0.25, 0.3) is 0 Å². The molecule has 6 nitrogen and oxygen atoms in total. The van der Waals surface area contributed by atoms with Gasteiger partial charge in [0.1, 0.15) is 0 Å². The minimum Gasteiger partial charge on any atom is -0.378 e. The number of amides is 1. The number of aromatic nitrogens is 2. The van der Waals surface area contributed by atoms with Crippen LogP contribution in [0, 0.1) is 0 Å². The van der Waals surface area contributed by atoms with Crippen LogP contribution in [-0.2, 0) is 9.53 Å². The maximum Gasteiger partial charge on any atom is 0.226 e. The monoisotopic (exact) mass is 438 g/mol. The fourth-order valence-electron chi connectivity index (χ4n) is 3.15. The van der Waals surface area contributed by atoms with Crippen molar-refractivity contribution < 1.29 is 9.53 Å². The van der Waals surface area contributed by atoms with Gasteiger partial charge in [-0.1, -0.05) is 54.1 Å². The number of aliphatic imine (C=N–C) groups is 1. The van der Waals surface area contributed by atoms with E-state index in [0.717, 1.165) is 22.4 Å². The van der Waals surface area contributed by atoms with Gasteiger partial charge >= 0.3 is 0 Å². The molecule has 1 amide bonds. The molecule has 3 rings (SSSR count). The molecule has 31 heavy (non-hydrogen) atoms. The number of allylic oxidation sites excluding steroid dienone is 5. The number of carbonyl (C=O) groups is 1. The van der Waals surface area contributed by atoms with Crippen LogP contribution in [-0.4, -0.2) is 53.5 Å². The smallest absolute Gasteiger partial charge is 0.226 e. The van der Waals surface area contributed by atoms with Crippen molar-refractivity contribution >= 4 is 29.5 Å². The van der Waals surface area contributed by atoms with Crippen LogP contribution in [0.5, 0.6) is 0 Å². The molecule has 0 bridgehead atoms. The van der Waals surface area contributed by atoms with Gasteiger partial charge in [-0.3, -0.25) is 9.89 Å². The summed E-state index contributed by atoms with van der Waals surface area (Å²) in [7, 11) is 0. The Bertz CT molecular complexity index is 1010. The predicted molar refractivity (Wildman–Crippen MR) is 126 cm³/mol. The molecule has 7 heteroatoms. The van der Waals surface area contributed by atoms with E-state index in [0.29, 0.717) is 43.6 Å². The standard InChI is InChI=1S/C24H27ClN4O2/c1-3-19(18(2)8-4-7-11-24(30)29-12-14-31-15-13-29)17-26-23-16-22(27-28-23)20-9-5-6-10-21(20)25/h3-10,16-17H,11-15H2,1-2H3,(H,27,28)/b7-4-,18-8+,19-3+,26-17?. The molecule has 162 valence electrons. The fraction of sp³-hybridized carbons (Fsp3) is 0.292. The lowest BCUT2D eigenvalue weighted by Crippen LogP contribution is -2.40. The average Bonchev–Trinajstić information content (AvgIpc) is 3.26. The van der Waals surface area contributed by atoms with Crippen molar-refractivity contribution in [3.63, 3.8) is 0 Å². The zero-order valence-corrected chi connectivity index (χ0v) is 18.6. The summed E-state index contributed by atoms with van der Waals surface area (Å²) in [5, 5.41) is 7.88. The summed E-state index contributed by atoms with van der Waals surface area (Å²) in [6.07, 6.45) is 9.94. The van der Waals surface area contributed by atoms with E-state index in [9.17, 15) is 4.79 Å². The predicted octanol–water partition coefficient (Wildman–Crippen LogP) is 5.13. The van der Waals surface area contributed by atoms with Gasteiger partial charge in [0.2, 0.25) is 5.91 Å². The molecule has 1 N–H and O–H groups in total. The number of halogens is 1. The first-order chi connectivity index (χ1) is 15.1. The lowest BCUT2D eigenvalue weighted by atomic mass is 10.1. The highest BCUT2D eigenvalue weighted by atomic mass is 35.5. The van der Waals surface area contributed by atoms with Crippen LogP contribution < -0.4 is 0 Å². The minimum atomic E-state index is 0.131. The van der Waals surface area contributed by atoms with Crippen molar-refractivity contribution in [1.82, 2.24) is 15.1 Å². The second kappa shape index (κ2) is 11.4. The van der Waals surface area contributed by atoms with Gasteiger partial charge in [-0.2, -0.15) is 5.10 Å². The third kappa shape index (κ3) is 6.51. The van der Waals surface area contributed by atoms with Gasteiger partial charge in [0.05, 0.1) is 18.9 Å². The molecular weight excluding hydrogens is 412 g/mol. The number of rotatable bonds is 7. The molecule has 0 unspecified atom stereocenters. The summed E-state index contributed by atoms with van der Waals surface area (Å²) in [6.45, 7) is 6.56. The van der Waals surface area contributed by atoms with Crippen LogP contribution in [0.2, 0.25) is 5.02 Å². The van der Waals surface area contributed by atoms with Crippen LogP contribution in [0.4, 0.5) is 5.82 Å². The normalized spacial score (nSPS) is 15.9. The van der Waals surface area contributed by atoms with E-state index >= 15 is 0 Å². The number of benzene rings is 1. The maximum atomic E-state index is 12.2. The molecule has 1 aromatic carbocycles. The lowest BCUT2D eigenvalue weighted by Gasteiger charge is -2.26. The van der Waals surface area contributed by atoms with Crippen molar-refractivity contribution in [2.45, 2.75) is 20.3 Å². The van der Waals surface area contributed by atoms with E-state index in [1.54, 1.807) is 6.21 Å². The topological polar surface area (TPSA) is 70.6 Å². The van der Waals surface area contributed by atoms with Gasteiger partial charge in [-0.15, -0.1) is 0 Å². The van der Waals surface area contributed by atoms with Crippen molar-refractivity contribution in [2.24, 2.45) is 4.99 Å². The first-order valence-electron chi connectivity index (χ1n) is 10.3. The van der Waals surface area contributed by atoms with Gasteiger partial charge in [0, 0.05) is 42.4 Å². The van der Waals surface area contributed by atoms with Crippen LogP contribution in [0.15, 0.2) is 70.8 Å². The van der Waals surface area contributed by atoms with Crippen LogP contribution in [0.1, 0.15) is 20.3 Å². The van der Waals surface area contributed by atoms with E-state index in [-0.39, 0.29) is 5.91 Å². The number of hydrogen-bond donors (Lipinski definition) is 1.